The Balaban J connectivity index is 2.49. The zero-order valence-corrected chi connectivity index (χ0v) is 8.06. The van der Waals surface area contributed by atoms with Gasteiger partial charge in [-0.3, -0.25) is 14.9 Å². The maximum atomic E-state index is 11.4. The van der Waals surface area contributed by atoms with Crippen LogP contribution in [-0.4, -0.2) is 11.8 Å². The molecule has 2 amide bonds. The maximum absolute atomic E-state index is 11.4. The molecule has 1 heterocycles. The minimum absolute atomic E-state index is 0.204. The lowest BCUT2D eigenvalue weighted by Gasteiger charge is -2.04. The smallest absolute Gasteiger partial charge is 0.292 e. The first-order valence-corrected chi connectivity index (χ1v) is 4.44. The predicted octanol–water partition coefficient (Wildman–Crippen LogP) is 0.586. The molecule has 1 N–H and O–H groups in total. The van der Waals surface area contributed by atoms with Crippen LogP contribution < -0.4 is 10.1 Å². The number of imide groups is 1. The van der Waals surface area contributed by atoms with Crippen LogP contribution in [0.1, 0.15) is 5.56 Å². The largest absolute Gasteiger partial charge is 0.387 e. The fourth-order valence-corrected chi connectivity index (χ4v) is 1.44. The third kappa shape index (κ3) is 1.64. The summed E-state index contributed by atoms with van der Waals surface area (Å²) in [5.41, 5.74) is 0.628. The van der Waals surface area contributed by atoms with Crippen molar-refractivity contribution in [3.8, 4) is 12.0 Å². The number of rotatable bonds is 2. The number of hydrogen-bond donors (Lipinski definition) is 1. The van der Waals surface area contributed by atoms with Crippen molar-refractivity contribution in [1.29, 1.82) is 5.26 Å². The molecular formula is C11H6N2O3. The second-order valence-corrected chi connectivity index (χ2v) is 3.07. The van der Waals surface area contributed by atoms with E-state index in [9.17, 15) is 9.59 Å². The quantitative estimate of drug-likeness (QED) is 0.577. The summed E-state index contributed by atoms with van der Waals surface area (Å²) >= 11 is 0. The van der Waals surface area contributed by atoms with Crippen LogP contribution >= 0.6 is 0 Å². The van der Waals surface area contributed by atoms with Crippen LogP contribution in [-0.2, 0) is 9.59 Å². The van der Waals surface area contributed by atoms with Crippen molar-refractivity contribution in [3.63, 3.8) is 0 Å². The third-order valence-electron chi connectivity index (χ3n) is 2.09. The second-order valence-electron chi connectivity index (χ2n) is 3.07. The molecule has 0 atom stereocenters. The first kappa shape index (κ1) is 9.93. The summed E-state index contributed by atoms with van der Waals surface area (Å²) in [5.74, 6) is -0.702. The molecule has 5 heteroatoms. The van der Waals surface area contributed by atoms with Crippen LogP contribution in [0.25, 0.3) is 5.57 Å². The molecule has 1 aromatic rings. The maximum Gasteiger partial charge on any atom is 0.292 e. The molecule has 1 aromatic carbocycles. The van der Waals surface area contributed by atoms with Crippen molar-refractivity contribution in [3.05, 3.63) is 35.9 Å². The normalized spacial score (nSPS) is 14.1. The Hall–Kier alpha value is -2.61. The van der Waals surface area contributed by atoms with E-state index in [0.717, 1.165) is 0 Å². The molecule has 0 bridgehead atoms. The number of carbonyl (C=O) groups is 2. The summed E-state index contributed by atoms with van der Waals surface area (Å²) in [6.45, 7) is 0. The van der Waals surface area contributed by atoms with Crippen molar-refractivity contribution < 1.29 is 14.3 Å². The number of amides is 2. The molecule has 2 rings (SSSR count). The molecule has 5 nitrogen and oxygen atoms in total. The SMILES string of the molecule is N#COc1ccccc1C1=CC(=O)NC1=O. The number of benzene rings is 1. The molecule has 0 aromatic heterocycles. The van der Waals surface area contributed by atoms with E-state index in [1.807, 2.05) is 0 Å². The van der Waals surface area contributed by atoms with E-state index in [4.69, 9.17) is 10.00 Å². The lowest BCUT2D eigenvalue weighted by atomic mass is 10.1. The van der Waals surface area contributed by atoms with E-state index in [0.29, 0.717) is 5.56 Å². The highest BCUT2D eigenvalue weighted by Crippen LogP contribution is 2.27. The van der Waals surface area contributed by atoms with E-state index >= 15 is 0 Å². The standard InChI is InChI=1S/C11H6N2O3/c12-6-16-9-4-2-1-3-7(9)8-5-10(14)13-11(8)15/h1-5H,(H,13,14,15). The van der Waals surface area contributed by atoms with Gasteiger partial charge in [0.25, 0.3) is 18.1 Å². The minimum Gasteiger partial charge on any atom is -0.387 e. The van der Waals surface area contributed by atoms with Crippen LogP contribution in [0.3, 0.4) is 0 Å². The van der Waals surface area contributed by atoms with E-state index < -0.39 is 11.8 Å². The predicted molar refractivity (Wildman–Crippen MR) is 53.8 cm³/mol. The molecule has 0 fully saturated rings. The van der Waals surface area contributed by atoms with E-state index in [1.54, 1.807) is 24.3 Å². The number of nitrogens with one attached hydrogen (secondary N) is 1. The van der Waals surface area contributed by atoms with Crippen LogP contribution in [0.15, 0.2) is 30.3 Å². The van der Waals surface area contributed by atoms with Crippen molar-refractivity contribution in [1.82, 2.24) is 5.32 Å². The van der Waals surface area contributed by atoms with Crippen LogP contribution in [0, 0.1) is 11.5 Å². The second kappa shape index (κ2) is 3.87. The van der Waals surface area contributed by atoms with Gasteiger partial charge in [-0.05, 0) is 6.07 Å². The minimum atomic E-state index is -0.487. The Labute approximate surface area is 90.9 Å². The Morgan fingerprint density at radius 2 is 2.00 bits per heavy atom. The van der Waals surface area contributed by atoms with Crippen molar-refractivity contribution >= 4 is 17.4 Å². The number of carbonyl (C=O) groups excluding carboxylic acids is 2. The van der Waals surface area contributed by atoms with Gasteiger partial charge in [0.1, 0.15) is 5.75 Å². The van der Waals surface area contributed by atoms with E-state index in [1.165, 1.54) is 12.3 Å². The van der Waals surface area contributed by atoms with Gasteiger partial charge >= 0.3 is 0 Å². The molecule has 0 saturated heterocycles. The average Bonchev–Trinajstić information content (AvgIpc) is 2.59. The highest BCUT2D eigenvalue weighted by Gasteiger charge is 2.24. The summed E-state index contributed by atoms with van der Waals surface area (Å²) in [6, 6.07) is 6.52. The summed E-state index contributed by atoms with van der Waals surface area (Å²) in [6.07, 6.45) is 2.71. The van der Waals surface area contributed by atoms with Gasteiger partial charge in [0.2, 0.25) is 0 Å². The topological polar surface area (TPSA) is 79.2 Å². The van der Waals surface area contributed by atoms with Crippen molar-refractivity contribution in [2.45, 2.75) is 0 Å². The Morgan fingerprint density at radius 1 is 1.25 bits per heavy atom. The Morgan fingerprint density at radius 3 is 2.62 bits per heavy atom. The van der Waals surface area contributed by atoms with E-state index in [-0.39, 0.29) is 11.3 Å². The fraction of sp³-hybridized carbons (Fsp3) is 0. The third-order valence-corrected chi connectivity index (χ3v) is 2.09. The van der Waals surface area contributed by atoms with Gasteiger partial charge in [-0.25, -0.2) is 0 Å². The summed E-state index contributed by atoms with van der Waals surface area (Å²) in [7, 11) is 0. The summed E-state index contributed by atoms with van der Waals surface area (Å²) < 4.78 is 4.71. The molecule has 0 saturated carbocycles. The molecule has 0 spiro atoms. The first-order chi connectivity index (χ1) is 7.72. The van der Waals surface area contributed by atoms with Gasteiger partial charge in [0, 0.05) is 11.6 Å². The van der Waals surface area contributed by atoms with Gasteiger partial charge < -0.3 is 4.74 Å². The van der Waals surface area contributed by atoms with Crippen LogP contribution in [0.4, 0.5) is 0 Å². The van der Waals surface area contributed by atoms with Gasteiger partial charge in [0.15, 0.2) is 0 Å². The first-order valence-electron chi connectivity index (χ1n) is 4.44. The van der Waals surface area contributed by atoms with Crippen molar-refractivity contribution in [2.24, 2.45) is 0 Å². The van der Waals surface area contributed by atoms with Gasteiger partial charge in [0.05, 0.1) is 5.57 Å². The molecule has 0 unspecified atom stereocenters. The number of hydrogen-bond acceptors (Lipinski definition) is 4. The summed E-state index contributed by atoms with van der Waals surface area (Å²) in [4.78, 5) is 22.4. The molecule has 16 heavy (non-hydrogen) atoms. The molecule has 0 radical (unpaired) electrons. The zero-order valence-electron chi connectivity index (χ0n) is 8.06. The lowest BCUT2D eigenvalue weighted by Crippen LogP contribution is -2.21. The highest BCUT2D eigenvalue weighted by atomic mass is 16.5. The number of para-hydroxylation sites is 1. The number of nitriles is 1. The van der Waals surface area contributed by atoms with Crippen LogP contribution in [0.5, 0.6) is 5.75 Å². The lowest BCUT2D eigenvalue weighted by molar-refractivity contribution is -0.123. The summed E-state index contributed by atoms with van der Waals surface area (Å²) in [5, 5.41) is 10.6. The van der Waals surface area contributed by atoms with Gasteiger partial charge in [-0.1, -0.05) is 18.2 Å². The fourth-order valence-electron chi connectivity index (χ4n) is 1.44. The number of ether oxygens (including phenoxy) is 1. The van der Waals surface area contributed by atoms with Gasteiger partial charge in [-0.2, -0.15) is 0 Å². The molecule has 1 aliphatic rings. The number of nitrogens with zero attached hydrogens (tertiary/aromatic N) is 1. The average molecular weight is 214 g/mol. The Kier molecular flexibility index (Phi) is 2.40. The zero-order chi connectivity index (χ0) is 11.5. The van der Waals surface area contributed by atoms with Crippen LogP contribution in [0.2, 0.25) is 0 Å². The van der Waals surface area contributed by atoms with Crippen molar-refractivity contribution in [2.75, 3.05) is 0 Å². The molecule has 1 aliphatic heterocycles. The monoisotopic (exact) mass is 214 g/mol. The molecular weight excluding hydrogens is 208 g/mol. The van der Waals surface area contributed by atoms with E-state index in [2.05, 4.69) is 5.32 Å². The highest BCUT2D eigenvalue weighted by molar-refractivity contribution is 6.33. The Bertz CT molecular complexity index is 540. The molecule has 78 valence electrons. The molecule has 0 aliphatic carbocycles. The van der Waals surface area contributed by atoms with Gasteiger partial charge in [-0.15, -0.1) is 5.26 Å².